The number of nitrogens with zero attached hydrogens (tertiary/aromatic N) is 4. The second kappa shape index (κ2) is 12.0. The maximum Gasteiger partial charge on any atom is 0.275 e. The third kappa shape index (κ3) is 5.61. The number of anilines is 1. The van der Waals surface area contributed by atoms with Crippen LogP contribution in [0.5, 0.6) is 5.75 Å². The summed E-state index contributed by atoms with van der Waals surface area (Å²) in [6.45, 7) is 8.57. The molecule has 1 saturated heterocycles. The molecule has 4 aromatic rings. The summed E-state index contributed by atoms with van der Waals surface area (Å²) in [6, 6.07) is 11.9. The highest BCUT2D eigenvalue weighted by atomic mass is 35.5. The fourth-order valence-corrected chi connectivity index (χ4v) is 6.47. The van der Waals surface area contributed by atoms with Crippen LogP contribution in [0.25, 0.3) is 31.4 Å². The largest absolute Gasteiger partial charge is 0.492 e. The summed E-state index contributed by atoms with van der Waals surface area (Å²) in [4.78, 5) is 39.7. The number of thiophene rings is 2. The smallest absolute Gasteiger partial charge is 0.275 e. The highest BCUT2D eigenvalue weighted by Crippen LogP contribution is 2.42. The van der Waals surface area contributed by atoms with Crippen LogP contribution >= 0.6 is 35.1 Å². The molecule has 40 heavy (non-hydrogen) atoms. The number of aromatic nitrogens is 2. The summed E-state index contributed by atoms with van der Waals surface area (Å²) in [6.07, 6.45) is 1.32. The third-order valence-corrected chi connectivity index (χ3v) is 8.85. The lowest BCUT2D eigenvalue weighted by atomic mass is 10.1. The number of hydrazine groups is 1. The van der Waals surface area contributed by atoms with Crippen LogP contribution in [0.1, 0.15) is 12.5 Å². The van der Waals surface area contributed by atoms with E-state index in [1.807, 2.05) is 48.7 Å². The zero-order chi connectivity index (χ0) is 26.9. The van der Waals surface area contributed by atoms with Crippen molar-refractivity contribution < 1.29 is 19.1 Å². The second-order valence-corrected chi connectivity index (χ2v) is 11.3. The van der Waals surface area contributed by atoms with Gasteiger partial charge in [-0.05, 0) is 60.7 Å². The van der Waals surface area contributed by atoms with Gasteiger partial charge in [-0.25, -0.2) is 9.97 Å². The lowest BCUT2D eigenvalue weighted by Gasteiger charge is -2.26. The van der Waals surface area contributed by atoms with E-state index in [1.165, 1.54) is 17.4 Å². The van der Waals surface area contributed by atoms with Gasteiger partial charge in [0.25, 0.3) is 11.8 Å². The summed E-state index contributed by atoms with van der Waals surface area (Å²) in [5.41, 5.74) is 5.38. The van der Waals surface area contributed by atoms with Crippen LogP contribution in [-0.4, -0.2) is 71.1 Å². The average Bonchev–Trinajstić information content (AvgIpc) is 3.66. The zero-order valence-electron chi connectivity index (χ0n) is 22.0. The number of imide groups is 1. The van der Waals surface area contributed by atoms with Gasteiger partial charge in [-0.2, -0.15) is 5.01 Å². The first kappa shape index (κ1) is 28.2. The maximum absolute atomic E-state index is 12.6. The van der Waals surface area contributed by atoms with Crippen molar-refractivity contribution in [2.24, 2.45) is 0 Å². The van der Waals surface area contributed by atoms with E-state index in [1.54, 1.807) is 18.3 Å². The number of morpholine rings is 1. The van der Waals surface area contributed by atoms with Gasteiger partial charge in [-0.15, -0.1) is 35.1 Å². The molecule has 208 valence electrons. The van der Waals surface area contributed by atoms with Crippen LogP contribution in [-0.2, 0) is 14.3 Å². The average molecular weight is 598 g/mol. The molecule has 0 unspecified atom stereocenters. The van der Waals surface area contributed by atoms with Crippen molar-refractivity contribution in [3.05, 3.63) is 59.0 Å². The van der Waals surface area contributed by atoms with Gasteiger partial charge in [-0.3, -0.25) is 19.9 Å². The van der Waals surface area contributed by atoms with Crippen molar-refractivity contribution in [3.63, 3.8) is 0 Å². The third-order valence-electron chi connectivity index (χ3n) is 6.75. The van der Waals surface area contributed by atoms with Gasteiger partial charge >= 0.3 is 0 Å². The molecule has 6 rings (SSSR count). The number of benzene rings is 1. The number of halogens is 1. The van der Waals surface area contributed by atoms with Crippen LogP contribution in [0.3, 0.4) is 0 Å². The highest BCUT2D eigenvalue weighted by molar-refractivity contribution is 7.22. The van der Waals surface area contributed by atoms with E-state index in [0.29, 0.717) is 23.8 Å². The Morgan fingerprint density at radius 3 is 2.52 bits per heavy atom. The van der Waals surface area contributed by atoms with Gasteiger partial charge < -0.3 is 9.47 Å². The lowest BCUT2D eigenvalue weighted by Crippen LogP contribution is -2.38. The summed E-state index contributed by atoms with van der Waals surface area (Å²) < 4.78 is 11.4. The molecule has 0 aliphatic carbocycles. The minimum Gasteiger partial charge on any atom is -0.492 e. The number of rotatable bonds is 8. The molecule has 2 aliphatic heterocycles. The summed E-state index contributed by atoms with van der Waals surface area (Å²) in [5.74, 6) is 0.986. The van der Waals surface area contributed by atoms with E-state index in [0.717, 1.165) is 74.7 Å². The lowest BCUT2D eigenvalue weighted by molar-refractivity contribution is -0.135. The molecule has 0 bridgehead atoms. The molecule has 1 aromatic carbocycles. The molecule has 3 aromatic heterocycles. The number of ether oxygens (including phenoxy) is 2. The molecule has 5 heterocycles. The van der Waals surface area contributed by atoms with Crippen LogP contribution in [0.15, 0.2) is 53.4 Å². The van der Waals surface area contributed by atoms with Gasteiger partial charge in [-0.1, -0.05) is 6.07 Å². The first-order chi connectivity index (χ1) is 19.0. The van der Waals surface area contributed by atoms with Crippen molar-refractivity contribution in [3.8, 4) is 26.9 Å². The normalized spacial score (nSPS) is 15.8. The Kier molecular flexibility index (Phi) is 8.48. The Balaban J connectivity index is 0.00000323. The molecule has 2 amide bonds. The molecule has 1 N–H and O–H groups in total. The number of amides is 2. The predicted octanol–water partition coefficient (Wildman–Crippen LogP) is 5.17. The summed E-state index contributed by atoms with van der Waals surface area (Å²) in [7, 11) is 0. The van der Waals surface area contributed by atoms with Crippen molar-refractivity contribution in [1.82, 2.24) is 19.9 Å². The van der Waals surface area contributed by atoms with Gasteiger partial charge in [0.15, 0.2) is 11.6 Å². The molecule has 0 atom stereocenters. The molecule has 12 heteroatoms. The van der Waals surface area contributed by atoms with Crippen LogP contribution in [0.4, 0.5) is 5.82 Å². The zero-order valence-corrected chi connectivity index (χ0v) is 24.5. The van der Waals surface area contributed by atoms with Crippen LogP contribution < -0.4 is 10.2 Å². The van der Waals surface area contributed by atoms with Crippen LogP contribution in [0, 0.1) is 6.92 Å². The first-order valence-electron chi connectivity index (χ1n) is 12.7. The van der Waals surface area contributed by atoms with E-state index in [9.17, 15) is 9.59 Å². The fourth-order valence-electron chi connectivity index (χ4n) is 4.63. The van der Waals surface area contributed by atoms with Crippen molar-refractivity contribution >= 4 is 62.9 Å². The monoisotopic (exact) mass is 597 g/mol. The Bertz CT molecular complexity index is 1560. The number of fused-ring (bicyclic) bond motifs is 1. The van der Waals surface area contributed by atoms with E-state index >= 15 is 0 Å². The number of carbonyl (C=O) groups is 2. The summed E-state index contributed by atoms with van der Waals surface area (Å²) >= 11 is 3.09. The van der Waals surface area contributed by atoms with Crippen molar-refractivity contribution in [2.75, 3.05) is 44.9 Å². The maximum atomic E-state index is 12.6. The predicted molar refractivity (Wildman–Crippen MR) is 160 cm³/mol. The quantitative estimate of drug-likeness (QED) is 0.278. The summed E-state index contributed by atoms with van der Waals surface area (Å²) in [5, 5.41) is 3.76. The Morgan fingerprint density at radius 2 is 1.85 bits per heavy atom. The van der Waals surface area contributed by atoms with E-state index in [2.05, 4.69) is 10.3 Å². The molecule has 0 saturated carbocycles. The fraction of sp³-hybridized carbons (Fsp3) is 0.286. The van der Waals surface area contributed by atoms with E-state index in [-0.39, 0.29) is 18.3 Å². The number of hydrogen-bond acceptors (Lipinski definition) is 10. The topological polar surface area (TPSA) is 96.9 Å². The molecule has 1 fully saturated rings. The Morgan fingerprint density at radius 1 is 1.07 bits per heavy atom. The number of carbonyl (C=O) groups excluding carboxylic acids is 2. The van der Waals surface area contributed by atoms with Gasteiger partial charge in [0.05, 0.1) is 23.5 Å². The highest BCUT2D eigenvalue weighted by Gasteiger charge is 2.30. The number of aryl methyl sites for hydroxylation is 1. The molecule has 2 aliphatic rings. The molecule has 9 nitrogen and oxygen atoms in total. The second-order valence-electron chi connectivity index (χ2n) is 9.35. The standard InChI is InChI=1S/C28H27N5O4S2.ClH/c1-17-16-22(34)33(28(17)35)31-26-23-18(2)24(39-27(23)30-25(29-26)21-4-3-15-38-21)19-5-7-20(8-6-19)37-14-11-32-9-12-36-13-10-32;/h3-8,15-16H,9-14H2,1-2H3,(H,29,30,31);1H. The van der Waals surface area contributed by atoms with Gasteiger partial charge in [0, 0.05) is 36.2 Å². The Labute approximate surface area is 245 Å². The SMILES string of the molecule is CC1=CC(=O)N(Nc2nc(-c3cccs3)nc3sc(-c4ccc(OCCN5CCOCC5)cc4)c(C)c23)C1=O.Cl. The number of hydrogen-bond donors (Lipinski definition) is 1. The van der Waals surface area contributed by atoms with E-state index in [4.69, 9.17) is 19.4 Å². The van der Waals surface area contributed by atoms with E-state index < -0.39 is 5.91 Å². The minimum atomic E-state index is -0.417. The minimum absolute atomic E-state index is 0. The van der Waals surface area contributed by atoms with Crippen molar-refractivity contribution in [1.29, 1.82) is 0 Å². The van der Waals surface area contributed by atoms with Crippen molar-refractivity contribution in [2.45, 2.75) is 13.8 Å². The first-order valence-corrected chi connectivity index (χ1v) is 14.4. The van der Waals surface area contributed by atoms with Gasteiger partial charge in [0.1, 0.15) is 17.2 Å². The molecular formula is C28H28ClN5O4S2. The molecule has 0 radical (unpaired) electrons. The number of nitrogens with one attached hydrogen (secondary N) is 1. The molecule has 0 spiro atoms. The molecular weight excluding hydrogens is 570 g/mol. The Hall–Kier alpha value is -3.35. The van der Waals surface area contributed by atoms with Gasteiger partial charge in [0.2, 0.25) is 0 Å². The van der Waals surface area contributed by atoms with Crippen LogP contribution in [0.2, 0.25) is 0 Å².